The quantitative estimate of drug-likeness (QED) is 0.766. The first-order valence-corrected chi connectivity index (χ1v) is 7.02. The zero-order valence-electron chi connectivity index (χ0n) is 12.3. The SMILES string of the molecule is O=C(Nc1ccccc1F)c1cnc(Nc2cccc(F)c2)cn1. The fourth-order valence-corrected chi connectivity index (χ4v) is 1.97. The van der Waals surface area contributed by atoms with Gasteiger partial charge >= 0.3 is 0 Å². The average molecular weight is 326 g/mol. The molecule has 2 aromatic carbocycles. The average Bonchev–Trinajstić information content (AvgIpc) is 2.57. The lowest BCUT2D eigenvalue weighted by atomic mass is 10.3. The normalized spacial score (nSPS) is 10.2. The molecule has 3 rings (SSSR count). The van der Waals surface area contributed by atoms with Crippen molar-refractivity contribution in [3.63, 3.8) is 0 Å². The van der Waals surface area contributed by atoms with Gasteiger partial charge in [0.25, 0.3) is 5.91 Å². The molecule has 0 saturated heterocycles. The fourth-order valence-electron chi connectivity index (χ4n) is 1.97. The highest BCUT2D eigenvalue weighted by atomic mass is 19.1. The van der Waals surface area contributed by atoms with Gasteiger partial charge in [-0.05, 0) is 30.3 Å². The number of nitrogens with one attached hydrogen (secondary N) is 2. The van der Waals surface area contributed by atoms with Crippen LogP contribution in [-0.2, 0) is 0 Å². The zero-order valence-corrected chi connectivity index (χ0v) is 12.3. The van der Waals surface area contributed by atoms with Crippen LogP contribution < -0.4 is 10.6 Å². The van der Waals surface area contributed by atoms with E-state index in [0.717, 1.165) is 0 Å². The number of amides is 1. The summed E-state index contributed by atoms with van der Waals surface area (Å²) >= 11 is 0. The number of hydrogen-bond donors (Lipinski definition) is 2. The standard InChI is InChI=1S/C17H12F2N4O/c18-11-4-3-5-12(8-11)22-16-10-20-15(9-21-16)17(24)23-14-7-2-1-6-13(14)19/h1-10H,(H,21,22)(H,23,24). The maximum Gasteiger partial charge on any atom is 0.275 e. The summed E-state index contributed by atoms with van der Waals surface area (Å²) in [4.78, 5) is 20.0. The third-order valence-corrected chi connectivity index (χ3v) is 3.10. The number of carbonyl (C=O) groups excluding carboxylic acids is 1. The minimum Gasteiger partial charge on any atom is -0.339 e. The molecule has 24 heavy (non-hydrogen) atoms. The fraction of sp³-hybridized carbons (Fsp3) is 0. The van der Waals surface area contributed by atoms with Crippen LogP contribution in [0, 0.1) is 11.6 Å². The first-order valence-electron chi connectivity index (χ1n) is 7.02. The number of halogens is 2. The molecule has 0 aliphatic carbocycles. The van der Waals surface area contributed by atoms with Crippen molar-refractivity contribution in [1.29, 1.82) is 0 Å². The van der Waals surface area contributed by atoms with Gasteiger partial charge in [0.2, 0.25) is 0 Å². The van der Waals surface area contributed by atoms with E-state index in [1.54, 1.807) is 18.2 Å². The number of nitrogens with zero attached hydrogens (tertiary/aromatic N) is 2. The summed E-state index contributed by atoms with van der Waals surface area (Å²) in [6, 6.07) is 11.7. The Bertz CT molecular complexity index is 868. The topological polar surface area (TPSA) is 66.9 Å². The number of rotatable bonds is 4. The Labute approximate surface area is 136 Å². The molecule has 0 spiro atoms. The number of hydrogen-bond acceptors (Lipinski definition) is 4. The molecule has 0 atom stereocenters. The molecule has 0 radical (unpaired) electrons. The van der Waals surface area contributed by atoms with Crippen LogP contribution in [0.5, 0.6) is 0 Å². The lowest BCUT2D eigenvalue weighted by Gasteiger charge is -2.07. The highest BCUT2D eigenvalue weighted by Gasteiger charge is 2.11. The van der Waals surface area contributed by atoms with E-state index in [2.05, 4.69) is 20.6 Å². The predicted molar refractivity (Wildman–Crippen MR) is 86.1 cm³/mol. The first kappa shape index (κ1) is 15.5. The number of carbonyl (C=O) groups is 1. The van der Waals surface area contributed by atoms with Gasteiger partial charge in [-0.15, -0.1) is 0 Å². The van der Waals surface area contributed by atoms with Gasteiger partial charge in [0.15, 0.2) is 0 Å². The Morgan fingerprint density at radius 1 is 0.958 bits per heavy atom. The number of anilines is 3. The second-order valence-corrected chi connectivity index (χ2v) is 4.86. The van der Waals surface area contributed by atoms with Gasteiger partial charge < -0.3 is 10.6 Å². The van der Waals surface area contributed by atoms with E-state index in [-0.39, 0.29) is 17.2 Å². The maximum absolute atomic E-state index is 13.5. The van der Waals surface area contributed by atoms with E-state index in [9.17, 15) is 13.6 Å². The van der Waals surface area contributed by atoms with E-state index in [1.165, 1.54) is 42.7 Å². The monoisotopic (exact) mass is 326 g/mol. The molecule has 3 aromatic rings. The Hall–Kier alpha value is -3.35. The van der Waals surface area contributed by atoms with Gasteiger partial charge in [-0.25, -0.2) is 18.7 Å². The molecule has 0 bridgehead atoms. The van der Waals surface area contributed by atoms with Crippen molar-refractivity contribution in [3.05, 3.63) is 78.3 Å². The van der Waals surface area contributed by atoms with E-state index >= 15 is 0 Å². The summed E-state index contributed by atoms with van der Waals surface area (Å²) in [5.41, 5.74) is 0.599. The Balaban J connectivity index is 1.70. The van der Waals surface area contributed by atoms with Gasteiger partial charge in [0, 0.05) is 5.69 Å². The molecule has 1 heterocycles. The van der Waals surface area contributed by atoms with Crippen molar-refractivity contribution < 1.29 is 13.6 Å². The van der Waals surface area contributed by atoms with Gasteiger partial charge in [-0.2, -0.15) is 0 Å². The summed E-state index contributed by atoms with van der Waals surface area (Å²) in [5, 5.41) is 5.28. The van der Waals surface area contributed by atoms with Crippen LogP contribution in [0.2, 0.25) is 0 Å². The molecule has 1 amide bonds. The van der Waals surface area contributed by atoms with Crippen molar-refractivity contribution in [2.45, 2.75) is 0 Å². The molecule has 7 heteroatoms. The van der Waals surface area contributed by atoms with Crippen LogP contribution in [-0.4, -0.2) is 15.9 Å². The summed E-state index contributed by atoms with van der Waals surface area (Å²) in [6.45, 7) is 0. The van der Waals surface area contributed by atoms with E-state index in [0.29, 0.717) is 11.5 Å². The Kier molecular flexibility index (Phi) is 4.42. The zero-order chi connectivity index (χ0) is 16.9. The van der Waals surface area contributed by atoms with Crippen LogP contribution in [0.3, 0.4) is 0 Å². The van der Waals surface area contributed by atoms with Crippen molar-refractivity contribution >= 4 is 23.1 Å². The van der Waals surface area contributed by atoms with Crippen LogP contribution in [0.25, 0.3) is 0 Å². The Morgan fingerprint density at radius 2 is 1.79 bits per heavy atom. The highest BCUT2D eigenvalue weighted by molar-refractivity contribution is 6.02. The first-order chi connectivity index (χ1) is 11.6. The predicted octanol–water partition coefficient (Wildman–Crippen LogP) is 3.75. The van der Waals surface area contributed by atoms with Crippen LogP contribution in [0.4, 0.5) is 26.0 Å². The molecule has 0 aliphatic heterocycles. The highest BCUT2D eigenvalue weighted by Crippen LogP contribution is 2.16. The summed E-state index contributed by atoms with van der Waals surface area (Å²) < 4.78 is 26.6. The molecule has 120 valence electrons. The molecular weight excluding hydrogens is 314 g/mol. The lowest BCUT2D eigenvalue weighted by Crippen LogP contribution is -2.15. The van der Waals surface area contributed by atoms with Crippen molar-refractivity contribution in [2.24, 2.45) is 0 Å². The van der Waals surface area contributed by atoms with Crippen LogP contribution in [0.15, 0.2) is 60.9 Å². The Morgan fingerprint density at radius 3 is 2.50 bits per heavy atom. The molecule has 2 N–H and O–H groups in total. The van der Waals surface area contributed by atoms with E-state index in [1.807, 2.05) is 0 Å². The second-order valence-electron chi connectivity index (χ2n) is 4.86. The largest absolute Gasteiger partial charge is 0.339 e. The molecule has 5 nitrogen and oxygen atoms in total. The van der Waals surface area contributed by atoms with Crippen molar-refractivity contribution in [1.82, 2.24) is 9.97 Å². The molecule has 0 fully saturated rings. The van der Waals surface area contributed by atoms with E-state index < -0.39 is 11.7 Å². The molecule has 0 aliphatic rings. The maximum atomic E-state index is 13.5. The number of para-hydroxylation sites is 1. The van der Waals surface area contributed by atoms with Gasteiger partial charge in [-0.1, -0.05) is 18.2 Å². The molecule has 0 saturated carbocycles. The van der Waals surface area contributed by atoms with Gasteiger partial charge in [0.1, 0.15) is 23.1 Å². The summed E-state index contributed by atoms with van der Waals surface area (Å²) in [5.74, 6) is -1.15. The molecular formula is C17H12F2N4O. The third-order valence-electron chi connectivity index (χ3n) is 3.10. The molecule has 0 unspecified atom stereocenters. The third kappa shape index (κ3) is 3.70. The second kappa shape index (κ2) is 6.82. The lowest BCUT2D eigenvalue weighted by molar-refractivity contribution is 0.102. The number of aromatic nitrogens is 2. The number of benzene rings is 2. The minimum atomic E-state index is -0.579. The summed E-state index contributed by atoms with van der Waals surface area (Å²) in [7, 11) is 0. The van der Waals surface area contributed by atoms with Crippen LogP contribution in [0.1, 0.15) is 10.5 Å². The van der Waals surface area contributed by atoms with Crippen molar-refractivity contribution in [3.8, 4) is 0 Å². The van der Waals surface area contributed by atoms with Crippen molar-refractivity contribution in [2.75, 3.05) is 10.6 Å². The van der Waals surface area contributed by atoms with Gasteiger partial charge in [0.05, 0.1) is 18.1 Å². The smallest absolute Gasteiger partial charge is 0.275 e. The van der Waals surface area contributed by atoms with E-state index in [4.69, 9.17) is 0 Å². The molecule has 1 aromatic heterocycles. The van der Waals surface area contributed by atoms with Gasteiger partial charge in [-0.3, -0.25) is 4.79 Å². The summed E-state index contributed by atoms with van der Waals surface area (Å²) in [6.07, 6.45) is 2.58. The van der Waals surface area contributed by atoms with Crippen LogP contribution >= 0.6 is 0 Å². The minimum absolute atomic E-state index is 0.0306.